The van der Waals surface area contributed by atoms with Gasteiger partial charge in [-0.3, -0.25) is 0 Å². The number of rotatable bonds is 0. The highest BCUT2D eigenvalue weighted by Gasteiger charge is 1.97. The van der Waals surface area contributed by atoms with Gasteiger partial charge in [0, 0.05) is 0 Å². The summed E-state index contributed by atoms with van der Waals surface area (Å²) >= 11 is 0. The molecule has 4 heteroatoms. The van der Waals surface area contributed by atoms with Gasteiger partial charge in [-0.05, 0) is 19.1 Å². The van der Waals surface area contributed by atoms with E-state index in [0.717, 1.165) is 11.2 Å². The quantitative estimate of drug-likeness (QED) is 0.622. The van der Waals surface area contributed by atoms with E-state index in [0.29, 0.717) is 11.5 Å². The van der Waals surface area contributed by atoms with Gasteiger partial charge in [0.05, 0.1) is 11.9 Å². The second kappa shape index (κ2) is 2.41. The van der Waals surface area contributed by atoms with Crippen molar-refractivity contribution in [2.45, 2.75) is 6.92 Å². The van der Waals surface area contributed by atoms with Crippen LogP contribution in [0.5, 0.6) is 0 Å². The molecule has 0 aliphatic rings. The lowest BCUT2D eigenvalue weighted by atomic mass is 10.4. The summed E-state index contributed by atoms with van der Waals surface area (Å²) in [6, 6.07) is 3.54. The van der Waals surface area contributed by atoms with Crippen LogP contribution in [-0.4, -0.2) is 15.0 Å². The first kappa shape index (κ1) is 6.97. The third-order valence-electron chi connectivity index (χ3n) is 1.55. The molecule has 4 nitrogen and oxygen atoms in total. The minimum absolute atomic E-state index is 0.473. The summed E-state index contributed by atoms with van der Waals surface area (Å²) in [5, 5.41) is 0. The minimum atomic E-state index is 0.473. The number of hydrogen-bond acceptors (Lipinski definition) is 4. The normalized spacial score (nSPS) is 10.4. The van der Waals surface area contributed by atoms with E-state index in [1.54, 1.807) is 12.3 Å². The van der Waals surface area contributed by atoms with Gasteiger partial charge in [-0.15, -0.1) is 0 Å². The number of pyridine rings is 1. The molecule has 0 atom stereocenters. The van der Waals surface area contributed by atoms with Crippen LogP contribution in [0.4, 0.5) is 5.82 Å². The van der Waals surface area contributed by atoms with Gasteiger partial charge in [-0.1, -0.05) is 0 Å². The lowest BCUT2D eigenvalue weighted by Crippen LogP contribution is -1.94. The molecule has 0 bridgehead atoms. The van der Waals surface area contributed by atoms with Crippen LogP contribution in [0.25, 0.3) is 11.2 Å². The molecule has 0 fully saturated rings. The Kier molecular flexibility index (Phi) is 1.40. The van der Waals surface area contributed by atoms with Crippen LogP contribution in [-0.2, 0) is 0 Å². The molecule has 12 heavy (non-hydrogen) atoms. The van der Waals surface area contributed by atoms with E-state index < -0.39 is 0 Å². The number of nitrogen functional groups attached to an aromatic ring is 1. The summed E-state index contributed by atoms with van der Waals surface area (Å²) in [4.78, 5) is 12.3. The highest BCUT2D eigenvalue weighted by molar-refractivity contribution is 5.71. The van der Waals surface area contributed by atoms with Crippen molar-refractivity contribution in [3.8, 4) is 0 Å². The van der Waals surface area contributed by atoms with Gasteiger partial charge in [0.1, 0.15) is 11.3 Å². The standard InChI is InChI=1S/C8H8N4/c1-5-4-10-8-6(11-5)2-3-7(9)12-8/h2-4H,1H3,(H2,9,10,12). The molecule has 60 valence electrons. The second-order valence-corrected chi connectivity index (χ2v) is 2.59. The fourth-order valence-electron chi connectivity index (χ4n) is 1.01. The summed E-state index contributed by atoms with van der Waals surface area (Å²) < 4.78 is 0. The molecule has 2 aromatic rings. The third-order valence-corrected chi connectivity index (χ3v) is 1.55. The summed E-state index contributed by atoms with van der Waals surface area (Å²) in [5.41, 5.74) is 7.75. The van der Waals surface area contributed by atoms with E-state index in [4.69, 9.17) is 5.73 Å². The Morgan fingerprint density at radius 2 is 2.08 bits per heavy atom. The van der Waals surface area contributed by atoms with E-state index >= 15 is 0 Å². The van der Waals surface area contributed by atoms with E-state index in [-0.39, 0.29) is 0 Å². The number of nitrogens with two attached hydrogens (primary N) is 1. The summed E-state index contributed by atoms with van der Waals surface area (Å²) in [6.45, 7) is 1.89. The van der Waals surface area contributed by atoms with Crippen molar-refractivity contribution in [1.29, 1.82) is 0 Å². The van der Waals surface area contributed by atoms with Gasteiger partial charge in [0.2, 0.25) is 0 Å². The van der Waals surface area contributed by atoms with E-state index in [1.165, 1.54) is 0 Å². The summed E-state index contributed by atoms with van der Waals surface area (Å²) in [7, 11) is 0. The van der Waals surface area contributed by atoms with Crippen LogP contribution >= 0.6 is 0 Å². The Morgan fingerprint density at radius 1 is 1.25 bits per heavy atom. The summed E-state index contributed by atoms with van der Waals surface area (Å²) in [6.07, 6.45) is 1.68. The maximum absolute atomic E-state index is 5.48. The lowest BCUT2D eigenvalue weighted by molar-refractivity contribution is 1.15. The maximum Gasteiger partial charge on any atom is 0.180 e. The van der Waals surface area contributed by atoms with Crippen LogP contribution in [0, 0.1) is 6.92 Å². The van der Waals surface area contributed by atoms with Crippen molar-refractivity contribution < 1.29 is 0 Å². The fraction of sp³-hybridized carbons (Fsp3) is 0.125. The van der Waals surface area contributed by atoms with Crippen molar-refractivity contribution in [1.82, 2.24) is 15.0 Å². The zero-order valence-electron chi connectivity index (χ0n) is 6.65. The third kappa shape index (κ3) is 1.07. The van der Waals surface area contributed by atoms with E-state index in [2.05, 4.69) is 15.0 Å². The smallest absolute Gasteiger partial charge is 0.180 e. The number of aryl methyl sites for hydroxylation is 1. The van der Waals surface area contributed by atoms with Gasteiger partial charge in [0.25, 0.3) is 0 Å². The Labute approximate surface area is 69.5 Å². The first-order valence-corrected chi connectivity index (χ1v) is 3.61. The molecule has 0 amide bonds. The zero-order chi connectivity index (χ0) is 8.55. The zero-order valence-corrected chi connectivity index (χ0v) is 6.65. The topological polar surface area (TPSA) is 64.7 Å². The number of nitrogens with zero attached hydrogens (tertiary/aromatic N) is 3. The molecular weight excluding hydrogens is 152 g/mol. The second-order valence-electron chi connectivity index (χ2n) is 2.59. The van der Waals surface area contributed by atoms with Crippen LogP contribution in [0.3, 0.4) is 0 Å². The average molecular weight is 160 g/mol. The predicted molar refractivity (Wildman–Crippen MR) is 46.5 cm³/mol. The lowest BCUT2D eigenvalue weighted by Gasteiger charge is -1.97. The molecule has 2 aromatic heterocycles. The highest BCUT2D eigenvalue weighted by atomic mass is 14.9. The number of aromatic nitrogens is 3. The Hall–Kier alpha value is -1.71. The molecule has 0 saturated heterocycles. The van der Waals surface area contributed by atoms with E-state index in [9.17, 15) is 0 Å². The molecule has 0 aliphatic carbocycles. The maximum atomic E-state index is 5.48. The van der Waals surface area contributed by atoms with Crippen LogP contribution in [0.1, 0.15) is 5.69 Å². The van der Waals surface area contributed by atoms with Crippen molar-refractivity contribution in [3.63, 3.8) is 0 Å². The predicted octanol–water partition coefficient (Wildman–Crippen LogP) is 0.915. The van der Waals surface area contributed by atoms with Crippen molar-refractivity contribution in [2.24, 2.45) is 0 Å². The Balaban J connectivity index is 2.79. The Bertz CT molecular complexity index is 383. The minimum Gasteiger partial charge on any atom is -0.384 e. The molecule has 0 saturated carbocycles. The first-order valence-electron chi connectivity index (χ1n) is 3.61. The molecule has 0 aromatic carbocycles. The van der Waals surface area contributed by atoms with Gasteiger partial charge in [0.15, 0.2) is 5.65 Å². The van der Waals surface area contributed by atoms with Crippen LogP contribution in [0.2, 0.25) is 0 Å². The molecule has 2 rings (SSSR count). The van der Waals surface area contributed by atoms with Gasteiger partial charge in [-0.25, -0.2) is 15.0 Å². The van der Waals surface area contributed by atoms with Gasteiger partial charge < -0.3 is 5.73 Å². The molecule has 0 spiro atoms. The molecular formula is C8H8N4. The Morgan fingerprint density at radius 3 is 2.92 bits per heavy atom. The first-order chi connectivity index (χ1) is 5.75. The van der Waals surface area contributed by atoms with Gasteiger partial charge >= 0.3 is 0 Å². The molecule has 2 N–H and O–H groups in total. The van der Waals surface area contributed by atoms with Crippen LogP contribution < -0.4 is 5.73 Å². The van der Waals surface area contributed by atoms with Crippen molar-refractivity contribution >= 4 is 17.0 Å². The van der Waals surface area contributed by atoms with E-state index in [1.807, 2.05) is 13.0 Å². The average Bonchev–Trinajstić information content (AvgIpc) is 2.05. The summed E-state index contributed by atoms with van der Waals surface area (Å²) in [5.74, 6) is 0.473. The number of fused-ring (bicyclic) bond motifs is 1. The monoisotopic (exact) mass is 160 g/mol. The SMILES string of the molecule is Cc1cnc2nc(N)ccc2n1. The van der Waals surface area contributed by atoms with Gasteiger partial charge in [-0.2, -0.15) is 0 Å². The number of anilines is 1. The fourth-order valence-corrected chi connectivity index (χ4v) is 1.01. The molecule has 0 unspecified atom stereocenters. The number of hydrogen-bond donors (Lipinski definition) is 1. The highest BCUT2D eigenvalue weighted by Crippen LogP contribution is 2.08. The van der Waals surface area contributed by atoms with Crippen molar-refractivity contribution in [2.75, 3.05) is 5.73 Å². The molecule has 2 heterocycles. The van der Waals surface area contributed by atoms with Crippen LogP contribution in [0.15, 0.2) is 18.3 Å². The van der Waals surface area contributed by atoms with Crippen molar-refractivity contribution in [3.05, 3.63) is 24.0 Å². The molecule has 0 radical (unpaired) electrons. The largest absolute Gasteiger partial charge is 0.384 e. The molecule has 0 aliphatic heterocycles.